The fourth-order valence-electron chi connectivity index (χ4n) is 2.39. The molecule has 2 rings (SSSR count). The smallest absolute Gasteiger partial charge is 0.409 e. The van der Waals surface area contributed by atoms with E-state index in [0.29, 0.717) is 48.0 Å². The predicted octanol–water partition coefficient (Wildman–Crippen LogP) is 3.17. The number of hydrogen-bond donors (Lipinski definition) is 0. The van der Waals surface area contributed by atoms with E-state index in [9.17, 15) is 9.59 Å². The highest BCUT2D eigenvalue weighted by Gasteiger charge is 2.28. The van der Waals surface area contributed by atoms with Crippen LogP contribution < -0.4 is 4.74 Å². The van der Waals surface area contributed by atoms with Gasteiger partial charge in [-0.1, -0.05) is 11.6 Å². The maximum Gasteiger partial charge on any atom is 0.409 e. The summed E-state index contributed by atoms with van der Waals surface area (Å²) < 4.78 is 11.4. The third kappa shape index (κ3) is 4.77. The Bertz CT molecular complexity index is 606. The molecular formula is C16H20BrClN2O4. The monoisotopic (exact) mass is 418 g/mol. The Labute approximate surface area is 154 Å². The number of amides is 2. The second kappa shape index (κ2) is 8.58. The number of carbonyl (C=O) groups excluding carboxylic acids is 2. The maximum absolute atomic E-state index is 12.5. The Hall–Kier alpha value is -1.47. The van der Waals surface area contributed by atoms with Crippen LogP contribution in [-0.2, 0) is 9.53 Å². The standard InChI is InChI=1S/C16H20BrClN2O4/c1-3-23-16(22)20-8-6-19(7-9-20)15(21)11(2)24-14-5-4-12(18)10-13(14)17/h4-5,10-11H,3,6-9H2,1-2H3. The number of rotatable bonds is 4. The van der Waals surface area contributed by atoms with E-state index in [1.165, 1.54) is 0 Å². The lowest BCUT2D eigenvalue weighted by atomic mass is 10.2. The quantitative estimate of drug-likeness (QED) is 0.752. The zero-order valence-electron chi connectivity index (χ0n) is 13.6. The molecule has 1 aromatic carbocycles. The largest absolute Gasteiger partial charge is 0.480 e. The van der Waals surface area contributed by atoms with Crippen LogP contribution in [0.3, 0.4) is 0 Å². The number of benzene rings is 1. The first-order valence-electron chi connectivity index (χ1n) is 7.74. The summed E-state index contributed by atoms with van der Waals surface area (Å²) in [5.74, 6) is 0.450. The van der Waals surface area contributed by atoms with Crippen LogP contribution in [0.15, 0.2) is 22.7 Å². The number of halogens is 2. The van der Waals surface area contributed by atoms with Gasteiger partial charge in [0.1, 0.15) is 5.75 Å². The molecule has 24 heavy (non-hydrogen) atoms. The third-order valence-corrected chi connectivity index (χ3v) is 4.52. The molecule has 0 bridgehead atoms. The SMILES string of the molecule is CCOC(=O)N1CCN(C(=O)C(C)Oc2ccc(Cl)cc2Br)CC1. The fraction of sp³-hybridized carbons (Fsp3) is 0.500. The van der Waals surface area contributed by atoms with Crippen LogP contribution in [0.2, 0.25) is 5.02 Å². The molecule has 1 aromatic rings. The van der Waals surface area contributed by atoms with Crippen molar-refractivity contribution in [3.63, 3.8) is 0 Å². The predicted molar refractivity (Wildman–Crippen MR) is 94.4 cm³/mol. The Balaban J connectivity index is 1.89. The molecule has 0 aromatic heterocycles. The van der Waals surface area contributed by atoms with E-state index in [1.807, 2.05) is 0 Å². The van der Waals surface area contributed by atoms with E-state index in [4.69, 9.17) is 21.1 Å². The molecule has 1 fully saturated rings. The van der Waals surface area contributed by atoms with Crippen LogP contribution in [0.25, 0.3) is 0 Å². The lowest BCUT2D eigenvalue weighted by Gasteiger charge is -2.35. The summed E-state index contributed by atoms with van der Waals surface area (Å²) in [6.45, 7) is 5.68. The fourth-order valence-corrected chi connectivity index (χ4v) is 3.17. The topological polar surface area (TPSA) is 59.1 Å². The van der Waals surface area contributed by atoms with Gasteiger partial charge in [0, 0.05) is 31.2 Å². The van der Waals surface area contributed by atoms with Crippen molar-refractivity contribution in [2.75, 3.05) is 32.8 Å². The van der Waals surface area contributed by atoms with E-state index < -0.39 is 6.10 Å². The van der Waals surface area contributed by atoms with Crippen molar-refractivity contribution in [1.29, 1.82) is 0 Å². The summed E-state index contributed by atoms with van der Waals surface area (Å²) in [6.07, 6.45) is -0.962. The zero-order chi connectivity index (χ0) is 17.7. The Morgan fingerprint density at radius 2 is 1.88 bits per heavy atom. The second-order valence-corrected chi connectivity index (χ2v) is 6.64. The summed E-state index contributed by atoms with van der Waals surface area (Å²) in [4.78, 5) is 27.5. The Morgan fingerprint density at radius 1 is 1.25 bits per heavy atom. The number of hydrogen-bond acceptors (Lipinski definition) is 4. The summed E-state index contributed by atoms with van der Waals surface area (Å²) in [5.41, 5.74) is 0. The lowest BCUT2D eigenvalue weighted by molar-refractivity contribution is -0.139. The molecule has 1 saturated heterocycles. The highest BCUT2D eigenvalue weighted by atomic mass is 79.9. The first-order valence-corrected chi connectivity index (χ1v) is 8.91. The number of nitrogens with zero attached hydrogens (tertiary/aromatic N) is 2. The molecule has 1 aliphatic rings. The van der Waals surface area contributed by atoms with E-state index in [2.05, 4.69) is 15.9 Å². The summed E-state index contributed by atoms with van der Waals surface area (Å²) in [7, 11) is 0. The van der Waals surface area contributed by atoms with Gasteiger partial charge < -0.3 is 19.3 Å². The number of piperazine rings is 1. The molecule has 8 heteroatoms. The Morgan fingerprint density at radius 3 is 2.46 bits per heavy atom. The molecule has 132 valence electrons. The van der Waals surface area contributed by atoms with Gasteiger partial charge in [-0.05, 0) is 48.0 Å². The van der Waals surface area contributed by atoms with Gasteiger partial charge in [0.05, 0.1) is 11.1 Å². The van der Waals surface area contributed by atoms with Crippen molar-refractivity contribution in [1.82, 2.24) is 9.80 Å². The summed E-state index contributed by atoms with van der Waals surface area (Å²) >= 11 is 9.26. The van der Waals surface area contributed by atoms with Gasteiger partial charge in [0.25, 0.3) is 5.91 Å². The molecule has 1 atom stereocenters. The first-order chi connectivity index (χ1) is 11.4. The van der Waals surface area contributed by atoms with Crippen molar-refractivity contribution in [2.45, 2.75) is 20.0 Å². The van der Waals surface area contributed by atoms with Crippen molar-refractivity contribution in [2.24, 2.45) is 0 Å². The first kappa shape index (κ1) is 18.9. The van der Waals surface area contributed by atoms with E-state index in [1.54, 1.807) is 41.8 Å². The minimum Gasteiger partial charge on any atom is -0.480 e. The Kier molecular flexibility index (Phi) is 6.74. The normalized spacial score (nSPS) is 15.8. The van der Waals surface area contributed by atoms with Crippen LogP contribution in [0.1, 0.15) is 13.8 Å². The highest BCUT2D eigenvalue weighted by molar-refractivity contribution is 9.10. The van der Waals surface area contributed by atoms with Crippen LogP contribution in [0, 0.1) is 0 Å². The molecule has 1 unspecified atom stereocenters. The van der Waals surface area contributed by atoms with Crippen molar-refractivity contribution >= 4 is 39.5 Å². The molecule has 0 radical (unpaired) electrons. The molecule has 1 aliphatic heterocycles. The van der Waals surface area contributed by atoms with Crippen LogP contribution in [-0.4, -0.2) is 60.7 Å². The van der Waals surface area contributed by atoms with Gasteiger partial charge in [-0.3, -0.25) is 4.79 Å². The minimum absolute atomic E-state index is 0.111. The van der Waals surface area contributed by atoms with Crippen LogP contribution in [0.5, 0.6) is 5.75 Å². The molecule has 0 saturated carbocycles. The molecule has 6 nitrogen and oxygen atoms in total. The summed E-state index contributed by atoms with van der Waals surface area (Å²) in [6, 6.07) is 5.14. The number of ether oxygens (including phenoxy) is 2. The second-order valence-electron chi connectivity index (χ2n) is 5.35. The van der Waals surface area contributed by atoms with Gasteiger partial charge in [-0.15, -0.1) is 0 Å². The van der Waals surface area contributed by atoms with E-state index >= 15 is 0 Å². The van der Waals surface area contributed by atoms with E-state index in [-0.39, 0.29) is 12.0 Å². The summed E-state index contributed by atoms with van der Waals surface area (Å²) in [5, 5.41) is 0.586. The van der Waals surface area contributed by atoms with Crippen molar-refractivity contribution in [3.05, 3.63) is 27.7 Å². The molecule has 1 heterocycles. The van der Waals surface area contributed by atoms with Crippen LogP contribution in [0.4, 0.5) is 4.79 Å². The average molecular weight is 420 g/mol. The third-order valence-electron chi connectivity index (χ3n) is 3.66. The molecular weight excluding hydrogens is 400 g/mol. The highest BCUT2D eigenvalue weighted by Crippen LogP contribution is 2.29. The molecule has 0 spiro atoms. The van der Waals surface area contributed by atoms with Gasteiger partial charge in [-0.25, -0.2) is 4.79 Å². The minimum atomic E-state index is -0.628. The molecule has 0 aliphatic carbocycles. The molecule has 2 amide bonds. The van der Waals surface area contributed by atoms with Crippen LogP contribution >= 0.6 is 27.5 Å². The number of carbonyl (C=O) groups is 2. The van der Waals surface area contributed by atoms with Gasteiger partial charge >= 0.3 is 6.09 Å². The zero-order valence-corrected chi connectivity index (χ0v) is 16.0. The average Bonchev–Trinajstić information content (AvgIpc) is 2.57. The van der Waals surface area contributed by atoms with E-state index in [0.717, 1.165) is 0 Å². The van der Waals surface area contributed by atoms with Crippen molar-refractivity contribution in [3.8, 4) is 5.75 Å². The maximum atomic E-state index is 12.5. The van der Waals surface area contributed by atoms with Gasteiger partial charge in [0.15, 0.2) is 6.10 Å². The van der Waals surface area contributed by atoms with Crippen molar-refractivity contribution < 1.29 is 19.1 Å². The lowest BCUT2D eigenvalue weighted by Crippen LogP contribution is -2.53. The van der Waals surface area contributed by atoms with Gasteiger partial charge in [-0.2, -0.15) is 0 Å². The van der Waals surface area contributed by atoms with Gasteiger partial charge in [0.2, 0.25) is 0 Å². The molecule has 0 N–H and O–H groups in total.